The Morgan fingerprint density at radius 2 is 2.06 bits per heavy atom. The molecule has 3 atom stereocenters. The molecule has 3 aromatic rings. The summed E-state index contributed by atoms with van der Waals surface area (Å²) in [6.07, 6.45) is 2.88. The molecule has 0 amide bonds. The number of carbonyl (C=O) groups is 1. The molecule has 0 saturated heterocycles. The summed E-state index contributed by atoms with van der Waals surface area (Å²) in [4.78, 5) is 11.7. The van der Waals surface area contributed by atoms with E-state index in [2.05, 4.69) is 4.57 Å². The second kappa shape index (κ2) is 6.70. The van der Waals surface area contributed by atoms with E-state index in [-0.39, 0.29) is 16.5 Å². The molecule has 0 spiro atoms. The Labute approximate surface area is 188 Å². The Balaban J connectivity index is 1.60. The van der Waals surface area contributed by atoms with Crippen LogP contribution in [0.25, 0.3) is 10.9 Å². The topological polar surface area (TPSA) is 104 Å². The highest BCUT2D eigenvalue weighted by atomic mass is 35.5. The van der Waals surface area contributed by atoms with E-state index in [1.165, 1.54) is 6.07 Å². The van der Waals surface area contributed by atoms with E-state index in [0.717, 1.165) is 29.5 Å². The lowest BCUT2D eigenvalue weighted by Gasteiger charge is -2.38. The normalized spacial score (nSPS) is 26.2. The van der Waals surface area contributed by atoms with Crippen LogP contribution >= 0.6 is 11.6 Å². The molecule has 2 unspecified atom stereocenters. The molecule has 2 heterocycles. The molecule has 2 aliphatic carbocycles. The van der Waals surface area contributed by atoms with Gasteiger partial charge in [-0.05, 0) is 61.1 Å². The van der Waals surface area contributed by atoms with Gasteiger partial charge in [0.15, 0.2) is 0 Å². The molecule has 0 radical (unpaired) electrons. The molecule has 6 rings (SSSR count). The lowest BCUT2D eigenvalue weighted by molar-refractivity contribution is 0.0696. The summed E-state index contributed by atoms with van der Waals surface area (Å²) < 4.78 is 22.3. The molecule has 6 nitrogen and oxygen atoms in total. The first-order valence-corrected chi connectivity index (χ1v) is 11.2. The second-order valence-electron chi connectivity index (χ2n) is 9.27. The maximum Gasteiger partial charge on any atom is 0.335 e. The monoisotopic (exact) mass is 455 g/mol. The number of carboxylic acid groups (broad SMARTS) is 1. The molecule has 1 fully saturated rings. The van der Waals surface area contributed by atoms with Crippen LogP contribution in [0, 0.1) is 11.7 Å². The molecular weight excluding hydrogens is 433 g/mol. The number of ether oxygens (including phenoxy) is 1. The highest BCUT2D eigenvalue weighted by Gasteiger charge is 2.54. The fraction of sp³-hybridized carbons (Fsp3) is 0.375. The second-order valence-corrected chi connectivity index (χ2v) is 9.64. The third-order valence-corrected chi connectivity index (χ3v) is 7.75. The number of halogens is 2. The van der Waals surface area contributed by atoms with Gasteiger partial charge in [-0.3, -0.25) is 0 Å². The molecule has 8 heteroatoms. The van der Waals surface area contributed by atoms with Gasteiger partial charge in [-0.25, -0.2) is 9.18 Å². The minimum Gasteiger partial charge on any atom is -0.493 e. The van der Waals surface area contributed by atoms with Gasteiger partial charge in [0.1, 0.15) is 16.6 Å². The first-order chi connectivity index (χ1) is 15.3. The van der Waals surface area contributed by atoms with Gasteiger partial charge in [-0.1, -0.05) is 11.6 Å². The zero-order chi connectivity index (χ0) is 22.4. The minimum absolute atomic E-state index is 0.0860. The fourth-order valence-electron chi connectivity index (χ4n) is 5.64. The third-order valence-electron chi connectivity index (χ3n) is 7.39. The molecule has 1 aromatic heterocycles. The third kappa shape index (κ3) is 2.62. The van der Waals surface area contributed by atoms with Crippen molar-refractivity contribution in [2.75, 3.05) is 6.61 Å². The summed E-state index contributed by atoms with van der Waals surface area (Å²) >= 11 is 6.44. The summed E-state index contributed by atoms with van der Waals surface area (Å²) in [7, 11) is 0. The van der Waals surface area contributed by atoms with E-state index in [9.17, 15) is 14.3 Å². The number of aromatic carboxylic acids is 1. The molecule has 1 saturated carbocycles. The highest BCUT2D eigenvalue weighted by Crippen LogP contribution is 2.58. The van der Waals surface area contributed by atoms with E-state index in [1.807, 2.05) is 6.07 Å². The zero-order valence-electron chi connectivity index (χ0n) is 17.3. The molecular formula is C24H23ClFN3O3. The fourth-order valence-corrected chi connectivity index (χ4v) is 5.91. The number of benzene rings is 2. The van der Waals surface area contributed by atoms with Crippen LogP contribution in [0.3, 0.4) is 0 Å². The number of aromatic nitrogens is 1. The average molecular weight is 456 g/mol. The molecule has 3 aliphatic rings. The van der Waals surface area contributed by atoms with Crippen LogP contribution in [0.2, 0.25) is 5.02 Å². The maximum absolute atomic E-state index is 14.4. The molecule has 2 aromatic carbocycles. The minimum atomic E-state index is -1.04. The van der Waals surface area contributed by atoms with E-state index < -0.39 is 23.4 Å². The van der Waals surface area contributed by atoms with Crippen LogP contribution in [-0.2, 0) is 12.1 Å². The Kier molecular flexibility index (Phi) is 4.19. The van der Waals surface area contributed by atoms with Crippen molar-refractivity contribution in [2.45, 2.75) is 43.3 Å². The number of hydrogen-bond acceptors (Lipinski definition) is 4. The van der Waals surface area contributed by atoms with Crippen LogP contribution in [0.5, 0.6) is 5.75 Å². The molecule has 166 valence electrons. The summed E-state index contributed by atoms with van der Waals surface area (Å²) in [6.45, 7) is 1.12. The maximum atomic E-state index is 14.4. The average Bonchev–Trinajstić information content (AvgIpc) is 3.48. The van der Waals surface area contributed by atoms with Gasteiger partial charge in [0.25, 0.3) is 0 Å². The van der Waals surface area contributed by atoms with Crippen molar-refractivity contribution in [1.82, 2.24) is 4.57 Å². The van der Waals surface area contributed by atoms with Crippen LogP contribution in [0.4, 0.5) is 4.39 Å². The van der Waals surface area contributed by atoms with E-state index >= 15 is 0 Å². The van der Waals surface area contributed by atoms with E-state index in [4.69, 9.17) is 27.8 Å². The van der Waals surface area contributed by atoms with Crippen molar-refractivity contribution in [1.29, 1.82) is 0 Å². The van der Waals surface area contributed by atoms with Crippen molar-refractivity contribution in [2.24, 2.45) is 17.4 Å². The Bertz CT molecular complexity index is 1300. The van der Waals surface area contributed by atoms with Crippen molar-refractivity contribution in [3.05, 3.63) is 63.6 Å². The Hall–Kier alpha value is -2.61. The number of fused-ring (bicyclic) bond motifs is 1. The quantitative estimate of drug-likeness (QED) is 0.545. The highest BCUT2D eigenvalue weighted by molar-refractivity contribution is 6.35. The summed E-state index contributed by atoms with van der Waals surface area (Å²) in [5.41, 5.74) is 16.2. The predicted molar refractivity (Wildman–Crippen MR) is 119 cm³/mol. The zero-order valence-corrected chi connectivity index (χ0v) is 18.0. The smallest absolute Gasteiger partial charge is 0.335 e. The van der Waals surface area contributed by atoms with Gasteiger partial charge >= 0.3 is 5.97 Å². The van der Waals surface area contributed by atoms with Crippen molar-refractivity contribution < 1.29 is 19.0 Å². The van der Waals surface area contributed by atoms with Gasteiger partial charge in [0.05, 0.1) is 29.3 Å². The SMILES string of the molecule is NC1c2cc(C(=O)O)cc3c2C(CCO3)[C@]1(N)c1cc2ccc(F)c(Cl)c2n1CC1CC1. The van der Waals surface area contributed by atoms with Gasteiger partial charge in [0, 0.05) is 29.1 Å². The van der Waals surface area contributed by atoms with Crippen LogP contribution < -0.4 is 16.2 Å². The van der Waals surface area contributed by atoms with Gasteiger partial charge < -0.3 is 25.9 Å². The standard InChI is InChI=1S/C24H23ClFN3O3/c25-20-16(26)4-3-12-9-18(29(21(12)20)10-11-1-2-11)24(28)15-5-6-32-17-8-13(23(30)31)7-14(19(15)17)22(24)27/h3-4,7-9,11,15,22H,1-2,5-6,10,27-28H2,(H,30,31)/t15?,22?,24-/m0/s1. The van der Waals surface area contributed by atoms with Crippen LogP contribution in [-0.4, -0.2) is 22.2 Å². The predicted octanol–water partition coefficient (Wildman–Crippen LogP) is 4.28. The molecule has 1 aliphatic heterocycles. The van der Waals surface area contributed by atoms with Gasteiger partial charge in [-0.2, -0.15) is 0 Å². The van der Waals surface area contributed by atoms with Crippen molar-refractivity contribution >= 4 is 28.5 Å². The van der Waals surface area contributed by atoms with Crippen molar-refractivity contribution in [3.8, 4) is 5.75 Å². The first-order valence-electron chi connectivity index (χ1n) is 10.9. The first kappa shape index (κ1) is 20.0. The number of nitrogens with zero attached hydrogens (tertiary/aromatic N) is 1. The van der Waals surface area contributed by atoms with E-state index in [1.54, 1.807) is 18.2 Å². The largest absolute Gasteiger partial charge is 0.493 e. The number of hydrogen-bond donors (Lipinski definition) is 3. The van der Waals surface area contributed by atoms with Crippen LogP contribution in [0.15, 0.2) is 30.3 Å². The molecule has 0 bridgehead atoms. The van der Waals surface area contributed by atoms with Crippen LogP contribution in [0.1, 0.15) is 58.4 Å². The Morgan fingerprint density at radius 1 is 1.28 bits per heavy atom. The number of nitrogens with two attached hydrogens (primary N) is 2. The summed E-state index contributed by atoms with van der Waals surface area (Å²) in [5.74, 6) is -0.624. The lowest BCUT2D eigenvalue weighted by Crippen LogP contribution is -2.49. The van der Waals surface area contributed by atoms with Gasteiger partial charge in [-0.15, -0.1) is 0 Å². The lowest BCUT2D eigenvalue weighted by atomic mass is 9.77. The van der Waals surface area contributed by atoms with E-state index in [0.29, 0.717) is 42.3 Å². The summed E-state index contributed by atoms with van der Waals surface area (Å²) in [5, 5.41) is 10.5. The number of carboxylic acids is 1. The number of rotatable bonds is 4. The summed E-state index contributed by atoms with van der Waals surface area (Å²) in [6, 6.07) is 7.59. The Morgan fingerprint density at radius 3 is 2.78 bits per heavy atom. The molecule has 32 heavy (non-hydrogen) atoms. The van der Waals surface area contributed by atoms with Crippen molar-refractivity contribution in [3.63, 3.8) is 0 Å². The molecule has 5 N–H and O–H groups in total. The van der Waals surface area contributed by atoms with Gasteiger partial charge in [0.2, 0.25) is 0 Å².